The molecule has 17 heavy (non-hydrogen) atoms. The Morgan fingerprint density at radius 2 is 2.12 bits per heavy atom. The summed E-state index contributed by atoms with van der Waals surface area (Å²) < 4.78 is 14.8. The molecule has 0 fully saturated rings. The lowest BCUT2D eigenvalue weighted by molar-refractivity contribution is 0.109. The van der Waals surface area contributed by atoms with E-state index >= 15 is 0 Å². The molecule has 1 aromatic heterocycles. The van der Waals surface area contributed by atoms with Gasteiger partial charge in [0, 0.05) is 18.1 Å². The van der Waals surface area contributed by atoms with Crippen LogP contribution in [0.3, 0.4) is 0 Å². The lowest BCUT2D eigenvalue weighted by atomic mass is 9.85. The van der Waals surface area contributed by atoms with Crippen LogP contribution in [-0.2, 0) is 5.67 Å². The maximum Gasteiger partial charge on any atom is 0.150 e. The van der Waals surface area contributed by atoms with Crippen LogP contribution in [0.5, 0.6) is 0 Å². The van der Waals surface area contributed by atoms with Gasteiger partial charge in [0.2, 0.25) is 0 Å². The summed E-state index contributed by atoms with van der Waals surface area (Å²) in [6.07, 6.45) is 1.71. The molecule has 90 valence electrons. The van der Waals surface area contributed by atoms with Crippen LogP contribution in [0.2, 0.25) is 0 Å². The van der Waals surface area contributed by atoms with Crippen LogP contribution in [0.15, 0.2) is 36.5 Å². The molecule has 0 saturated heterocycles. The summed E-state index contributed by atoms with van der Waals surface area (Å²) in [5.41, 5.74) is 5.53. The first-order chi connectivity index (χ1) is 8.08. The summed E-state index contributed by atoms with van der Waals surface area (Å²) in [6.45, 7) is 3.67. The quantitative estimate of drug-likeness (QED) is 0.883. The first-order valence-electron chi connectivity index (χ1n) is 5.82. The van der Waals surface area contributed by atoms with Crippen molar-refractivity contribution >= 4 is 10.9 Å². The van der Waals surface area contributed by atoms with Gasteiger partial charge in [-0.2, -0.15) is 0 Å². The van der Waals surface area contributed by atoms with E-state index in [1.807, 2.05) is 32.0 Å². The summed E-state index contributed by atoms with van der Waals surface area (Å²) in [4.78, 5) is 4.24. The van der Waals surface area contributed by atoms with E-state index in [0.717, 1.165) is 10.9 Å². The van der Waals surface area contributed by atoms with E-state index < -0.39 is 5.67 Å². The van der Waals surface area contributed by atoms with Crippen LogP contribution in [0.25, 0.3) is 10.9 Å². The molecule has 0 saturated carbocycles. The van der Waals surface area contributed by atoms with Gasteiger partial charge in [0.05, 0.1) is 5.52 Å². The van der Waals surface area contributed by atoms with Crippen LogP contribution in [0, 0.1) is 5.92 Å². The van der Waals surface area contributed by atoms with Crippen molar-refractivity contribution in [3.63, 3.8) is 0 Å². The summed E-state index contributed by atoms with van der Waals surface area (Å²) >= 11 is 0. The van der Waals surface area contributed by atoms with Gasteiger partial charge in [-0.1, -0.05) is 32.0 Å². The van der Waals surface area contributed by atoms with E-state index in [1.54, 1.807) is 18.3 Å². The number of nitrogens with two attached hydrogens (primary N) is 1. The molecule has 0 aliphatic carbocycles. The monoisotopic (exact) mass is 232 g/mol. The van der Waals surface area contributed by atoms with E-state index in [4.69, 9.17) is 5.73 Å². The number of aromatic nitrogens is 1. The molecular formula is C14H17FN2. The Morgan fingerprint density at radius 1 is 1.35 bits per heavy atom. The molecule has 2 aromatic rings. The van der Waals surface area contributed by atoms with Gasteiger partial charge in [-0.05, 0) is 23.6 Å². The second kappa shape index (κ2) is 4.41. The number of benzene rings is 1. The molecule has 0 amide bonds. The van der Waals surface area contributed by atoms with Crippen LogP contribution >= 0.6 is 0 Å². The molecule has 0 aliphatic heterocycles. The lowest BCUT2D eigenvalue weighted by Crippen LogP contribution is -2.35. The van der Waals surface area contributed by atoms with E-state index in [-0.39, 0.29) is 12.5 Å². The summed E-state index contributed by atoms with van der Waals surface area (Å²) in [5, 5.41) is 1.01. The Bertz CT molecular complexity index is 524. The molecule has 3 heteroatoms. The Balaban J connectivity index is 2.55. The molecule has 2 nitrogen and oxygen atoms in total. The third-order valence-electron chi connectivity index (χ3n) is 3.30. The lowest BCUT2D eigenvalue weighted by Gasteiger charge is -2.28. The highest BCUT2D eigenvalue weighted by Gasteiger charge is 2.34. The van der Waals surface area contributed by atoms with Gasteiger partial charge < -0.3 is 5.73 Å². The van der Waals surface area contributed by atoms with Crippen LogP contribution in [0.4, 0.5) is 4.39 Å². The fraction of sp³-hybridized carbons (Fsp3) is 0.357. The predicted octanol–water partition coefficient (Wildman–Crippen LogP) is 3.01. The predicted molar refractivity (Wildman–Crippen MR) is 68.4 cm³/mol. The van der Waals surface area contributed by atoms with E-state index in [9.17, 15) is 4.39 Å². The maximum absolute atomic E-state index is 14.8. The topological polar surface area (TPSA) is 38.9 Å². The molecule has 1 aromatic carbocycles. The van der Waals surface area contributed by atoms with Crippen molar-refractivity contribution in [2.24, 2.45) is 11.7 Å². The van der Waals surface area contributed by atoms with Gasteiger partial charge in [-0.25, -0.2) is 4.39 Å². The SMILES string of the molecule is CC(C)C(F)(CN)c1ccc2cccnc2c1. The molecule has 2 N–H and O–H groups in total. The van der Waals surface area contributed by atoms with Crippen molar-refractivity contribution < 1.29 is 4.39 Å². The van der Waals surface area contributed by atoms with Crippen molar-refractivity contribution in [1.82, 2.24) is 4.98 Å². The molecule has 0 radical (unpaired) electrons. The minimum atomic E-state index is -1.48. The second-order valence-electron chi connectivity index (χ2n) is 4.63. The van der Waals surface area contributed by atoms with Crippen LogP contribution in [0.1, 0.15) is 19.4 Å². The highest BCUT2D eigenvalue weighted by Crippen LogP contribution is 2.34. The van der Waals surface area contributed by atoms with Crippen molar-refractivity contribution in [1.29, 1.82) is 0 Å². The smallest absolute Gasteiger partial charge is 0.150 e. The van der Waals surface area contributed by atoms with Crippen molar-refractivity contribution in [3.05, 3.63) is 42.1 Å². The molecule has 1 atom stereocenters. The normalized spacial score (nSPS) is 15.1. The number of pyridine rings is 1. The number of halogens is 1. The average Bonchev–Trinajstić information content (AvgIpc) is 2.37. The van der Waals surface area contributed by atoms with E-state index in [1.165, 1.54) is 0 Å². The van der Waals surface area contributed by atoms with Gasteiger partial charge in [-0.15, -0.1) is 0 Å². The molecule has 1 heterocycles. The van der Waals surface area contributed by atoms with Crippen LogP contribution in [-0.4, -0.2) is 11.5 Å². The fourth-order valence-electron chi connectivity index (χ4n) is 2.01. The maximum atomic E-state index is 14.8. The van der Waals surface area contributed by atoms with Crippen molar-refractivity contribution in [2.45, 2.75) is 19.5 Å². The van der Waals surface area contributed by atoms with Gasteiger partial charge >= 0.3 is 0 Å². The zero-order chi connectivity index (χ0) is 12.5. The van der Waals surface area contributed by atoms with E-state index in [2.05, 4.69) is 4.98 Å². The number of rotatable bonds is 3. The van der Waals surface area contributed by atoms with Crippen molar-refractivity contribution in [2.75, 3.05) is 6.54 Å². The minimum Gasteiger partial charge on any atom is -0.327 e. The molecular weight excluding hydrogens is 215 g/mol. The zero-order valence-electron chi connectivity index (χ0n) is 10.2. The molecule has 0 spiro atoms. The Hall–Kier alpha value is -1.48. The highest BCUT2D eigenvalue weighted by atomic mass is 19.1. The minimum absolute atomic E-state index is 0.0109. The average molecular weight is 232 g/mol. The Morgan fingerprint density at radius 3 is 2.76 bits per heavy atom. The standard InChI is InChI=1S/C14H17FN2/c1-10(2)14(15,9-16)12-6-5-11-4-3-7-17-13(11)8-12/h3-8,10H,9,16H2,1-2H3. The third-order valence-corrected chi connectivity index (χ3v) is 3.30. The summed E-state index contributed by atoms with van der Waals surface area (Å²) in [5.74, 6) is -0.159. The van der Waals surface area contributed by atoms with Crippen LogP contribution < -0.4 is 5.73 Å². The molecule has 2 rings (SSSR count). The third kappa shape index (κ3) is 2.03. The Labute approximate surface area is 101 Å². The molecule has 0 aliphatic rings. The number of hydrogen-bond acceptors (Lipinski definition) is 2. The summed E-state index contributed by atoms with van der Waals surface area (Å²) in [7, 11) is 0. The Kier molecular flexibility index (Phi) is 3.11. The molecule has 1 unspecified atom stereocenters. The first kappa shape index (κ1) is 12.0. The molecule has 0 bridgehead atoms. The van der Waals surface area contributed by atoms with Gasteiger partial charge in [0.1, 0.15) is 5.67 Å². The zero-order valence-corrected chi connectivity index (χ0v) is 10.2. The highest BCUT2D eigenvalue weighted by molar-refractivity contribution is 5.79. The van der Waals surface area contributed by atoms with Gasteiger partial charge in [0.25, 0.3) is 0 Å². The van der Waals surface area contributed by atoms with E-state index in [0.29, 0.717) is 5.56 Å². The largest absolute Gasteiger partial charge is 0.327 e. The van der Waals surface area contributed by atoms with Crippen molar-refractivity contribution in [3.8, 4) is 0 Å². The summed E-state index contributed by atoms with van der Waals surface area (Å²) in [6, 6.07) is 9.32. The second-order valence-corrected chi connectivity index (χ2v) is 4.63. The number of hydrogen-bond donors (Lipinski definition) is 1. The fourth-order valence-corrected chi connectivity index (χ4v) is 2.01. The number of alkyl halides is 1. The number of nitrogens with zero attached hydrogens (tertiary/aromatic N) is 1. The first-order valence-corrected chi connectivity index (χ1v) is 5.82. The number of fused-ring (bicyclic) bond motifs is 1. The van der Waals surface area contributed by atoms with Gasteiger partial charge in [0.15, 0.2) is 0 Å². The van der Waals surface area contributed by atoms with Gasteiger partial charge in [-0.3, -0.25) is 4.98 Å².